The first-order chi connectivity index (χ1) is 15.6. The largest absolute Gasteiger partial charge is 0.384 e. The molecule has 7 nitrogen and oxygen atoms in total. The summed E-state index contributed by atoms with van der Waals surface area (Å²) in [5.74, 6) is -0.531. The summed E-state index contributed by atoms with van der Waals surface area (Å²) in [5.41, 5.74) is 3.25. The van der Waals surface area contributed by atoms with Gasteiger partial charge < -0.3 is 14.7 Å². The Kier molecular flexibility index (Phi) is 5.65. The molecule has 0 radical (unpaired) electrons. The van der Waals surface area contributed by atoms with Crippen LogP contribution >= 0.6 is 11.6 Å². The molecule has 0 amide bonds. The first-order valence-electron chi connectivity index (χ1n) is 10.1. The van der Waals surface area contributed by atoms with Crippen LogP contribution in [-0.2, 0) is 4.74 Å². The summed E-state index contributed by atoms with van der Waals surface area (Å²) >= 11 is 6.27. The number of aliphatic hydroxyl groups is 1. The molecule has 32 heavy (non-hydrogen) atoms. The van der Waals surface area contributed by atoms with Gasteiger partial charge in [-0.1, -0.05) is 11.6 Å². The lowest BCUT2D eigenvalue weighted by molar-refractivity contribution is 0.122. The van der Waals surface area contributed by atoms with E-state index < -0.39 is 11.9 Å². The van der Waals surface area contributed by atoms with E-state index in [1.807, 2.05) is 18.2 Å². The van der Waals surface area contributed by atoms with Gasteiger partial charge in [0.15, 0.2) is 0 Å². The second-order valence-corrected chi connectivity index (χ2v) is 7.86. The van der Waals surface area contributed by atoms with Crippen molar-refractivity contribution >= 4 is 28.2 Å². The minimum absolute atomic E-state index is 0.114. The highest BCUT2D eigenvalue weighted by Crippen LogP contribution is 2.36. The Morgan fingerprint density at radius 3 is 2.69 bits per heavy atom. The molecular weight excluding hydrogens is 433 g/mol. The van der Waals surface area contributed by atoms with Crippen molar-refractivity contribution in [1.82, 2.24) is 20.2 Å². The molecular formula is C23H19ClFN5O2. The molecule has 1 fully saturated rings. The molecule has 1 N–H and O–H groups in total. The Labute approximate surface area is 188 Å². The predicted molar refractivity (Wildman–Crippen MR) is 119 cm³/mol. The van der Waals surface area contributed by atoms with Gasteiger partial charge in [-0.2, -0.15) is 10.2 Å². The molecule has 1 aliphatic rings. The Morgan fingerprint density at radius 2 is 1.91 bits per heavy atom. The van der Waals surface area contributed by atoms with E-state index >= 15 is 4.39 Å². The van der Waals surface area contributed by atoms with Crippen LogP contribution in [0.3, 0.4) is 0 Å². The Morgan fingerprint density at radius 1 is 1.06 bits per heavy atom. The highest BCUT2D eigenvalue weighted by Gasteiger charge is 2.21. The Hall–Kier alpha value is -3.20. The maximum Gasteiger partial charge on any atom is 0.134 e. The van der Waals surface area contributed by atoms with Gasteiger partial charge in [-0.15, -0.1) is 0 Å². The second kappa shape index (κ2) is 8.74. The highest BCUT2D eigenvalue weighted by molar-refractivity contribution is 6.31. The number of hydrogen-bond acceptors (Lipinski definition) is 7. The lowest BCUT2D eigenvalue weighted by Crippen LogP contribution is -2.36. The number of morpholine rings is 1. The number of rotatable bonds is 4. The van der Waals surface area contributed by atoms with Gasteiger partial charge in [0.1, 0.15) is 18.2 Å². The van der Waals surface area contributed by atoms with E-state index in [2.05, 4.69) is 25.1 Å². The van der Waals surface area contributed by atoms with Crippen LogP contribution in [0.2, 0.25) is 5.02 Å². The van der Waals surface area contributed by atoms with Crippen LogP contribution in [0.15, 0.2) is 55.1 Å². The summed E-state index contributed by atoms with van der Waals surface area (Å²) in [4.78, 5) is 11.0. The van der Waals surface area contributed by atoms with E-state index in [4.69, 9.17) is 16.3 Å². The number of halogens is 2. The van der Waals surface area contributed by atoms with Gasteiger partial charge in [0.05, 0.1) is 30.6 Å². The Balaban J connectivity index is 1.59. The molecule has 1 saturated heterocycles. The molecule has 162 valence electrons. The minimum Gasteiger partial charge on any atom is -0.384 e. The van der Waals surface area contributed by atoms with Crippen molar-refractivity contribution in [2.24, 2.45) is 0 Å². The first kappa shape index (κ1) is 20.7. The summed E-state index contributed by atoms with van der Waals surface area (Å²) in [6, 6.07) is 10.2. The van der Waals surface area contributed by atoms with Crippen LogP contribution in [-0.4, -0.2) is 51.6 Å². The third-order valence-corrected chi connectivity index (χ3v) is 5.88. The van der Waals surface area contributed by atoms with E-state index in [0.29, 0.717) is 40.9 Å². The fourth-order valence-electron chi connectivity index (χ4n) is 3.88. The van der Waals surface area contributed by atoms with Gasteiger partial charge in [-0.25, -0.2) is 14.4 Å². The average molecular weight is 452 g/mol. The minimum atomic E-state index is -1.08. The zero-order valence-corrected chi connectivity index (χ0v) is 17.7. The number of benzene rings is 2. The lowest BCUT2D eigenvalue weighted by Gasteiger charge is -2.29. The zero-order chi connectivity index (χ0) is 22.1. The number of hydrogen-bond donors (Lipinski definition) is 1. The molecule has 9 heteroatoms. The number of aliphatic hydroxyl groups excluding tert-OH is 1. The van der Waals surface area contributed by atoms with Crippen LogP contribution in [0, 0.1) is 5.82 Å². The van der Waals surface area contributed by atoms with Crippen LogP contribution in [0.5, 0.6) is 0 Å². The quantitative estimate of drug-likeness (QED) is 0.505. The van der Waals surface area contributed by atoms with Gasteiger partial charge in [-0.05, 0) is 36.4 Å². The van der Waals surface area contributed by atoms with E-state index in [0.717, 1.165) is 18.8 Å². The Bertz CT molecular complexity index is 1270. The standard InChI is InChI=1S/C23H19ClFN5O2/c24-19-11-20(25)18(10-17(19)23(31)14-3-4-28-29-12-14)22-16-2-1-15(9-21(16)26-13-27-22)30-5-7-32-8-6-30/h1-4,9-13,23,31H,5-8H2. The monoisotopic (exact) mass is 451 g/mol. The predicted octanol–water partition coefficient (Wildman–Crippen LogP) is 3.80. The molecule has 5 rings (SSSR count). The van der Waals surface area contributed by atoms with E-state index in [-0.39, 0.29) is 10.6 Å². The summed E-state index contributed by atoms with van der Waals surface area (Å²) < 4.78 is 20.4. The van der Waals surface area contributed by atoms with Crippen molar-refractivity contribution in [2.45, 2.75) is 6.10 Å². The van der Waals surface area contributed by atoms with Crippen LogP contribution < -0.4 is 4.90 Å². The maximum absolute atomic E-state index is 15.0. The van der Waals surface area contributed by atoms with Crippen molar-refractivity contribution in [3.8, 4) is 11.3 Å². The normalized spacial score (nSPS) is 15.2. The molecule has 0 aliphatic carbocycles. The van der Waals surface area contributed by atoms with Crippen molar-refractivity contribution in [3.63, 3.8) is 0 Å². The molecule has 0 spiro atoms. The smallest absolute Gasteiger partial charge is 0.134 e. The topological polar surface area (TPSA) is 84.3 Å². The number of ether oxygens (including phenoxy) is 1. The molecule has 2 aromatic carbocycles. The highest BCUT2D eigenvalue weighted by atomic mass is 35.5. The van der Waals surface area contributed by atoms with Gasteiger partial charge >= 0.3 is 0 Å². The summed E-state index contributed by atoms with van der Waals surface area (Å²) in [5, 5.41) is 19.1. The number of anilines is 1. The molecule has 0 saturated carbocycles. The molecule has 1 aliphatic heterocycles. The van der Waals surface area contributed by atoms with Crippen molar-refractivity contribution in [3.05, 3.63) is 77.1 Å². The fourth-order valence-corrected chi connectivity index (χ4v) is 4.13. The van der Waals surface area contributed by atoms with E-state index in [9.17, 15) is 5.11 Å². The maximum atomic E-state index is 15.0. The summed E-state index contributed by atoms with van der Waals surface area (Å²) in [7, 11) is 0. The first-order valence-corrected chi connectivity index (χ1v) is 10.5. The number of nitrogens with zero attached hydrogens (tertiary/aromatic N) is 5. The van der Waals surface area contributed by atoms with E-state index in [1.54, 1.807) is 6.07 Å². The molecule has 1 atom stereocenters. The molecule has 2 aromatic heterocycles. The van der Waals surface area contributed by atoms with Gasteiger partial charge in [0.2, 0.25) is 0 Å². The van der Waals surface area contributed by atoms with Crippen molar-refractivity contribution in [1.29, 1.82) is 0 Å². The fraction of sp³-hybridized carbons (Fsp3) is 0.217. The van der Waals surface area contributed by atoms with Gasteiger partial charge in [0.25, 0.3) is 0 Å². The van der Waals surface area contributed by atoms with Crippen molar-refractivity contribution in [2.75, 3.05) is 31.2 Å². The third kappa shape index (κ3) is 3.88. The van der Waals surface area contributed by atoms with Gasteiger partial charge in [-0.3, -0.25) is 0 Å². The molecule has 3 heterocycles. The van der Waals surface area contributed by atoms with Crippen LogP contribution in [0.25, 0.3) is 22.2 Å². The van der Waals surface area contributed by atoms with Crippen LogP contribution in [0.1, 0.15) is 17.2 Å². The van der Waals surface area contributed by atoms with Crippen LogP contribution in [0.4, 0.5) is 10.1 Å². The van der Waals surface area contributed by atoms with Gasteiger partial charge in [0, 0.05) is 52.1 Å². The van der Waals surface area contributed by atoms with Crippen molar-refractivity contribution < 1.29 is 14.2 Å². The molecule has 1 unspecified atom stereocenters. The number of aromatic nitrogens is 4. The summed E-state index contributed by atoms with van der Waals surface area (Å²) in [6.07, 6.45) is 3.24. The third-order valence-electron chi connectivity index (χ3n) is 5.56. The summed E-state index contributed by atoms with van der Waals surface area (Å²) in [6.45, 7) is 2.98. The molecule has 4 aromatic rings. The SMILES string of the molecule is OC(c1ccnnc1)c1cc(-c2ncnc3cc(N4CCOCC4)ccc23)c(F)cc1Cl. The second-order valence-electron chi connectivity index (χ2n) is 7.46. The molecule has 0 bridgehead atoms. The number of fused-ring (bicyclic) bond motifs is 1. The zero-order valence-electron chi connectivity index (χ0n) is 16.9. The average Bonchev–Trinajstić information content (AvgIpc) is 2.84. The van der Waals surface area contributed by atoms with E-state index in [1.165, 1.54) is 30.9 Å². The lowest BCUT2D eigenvalue weighted by atomic mass is 9.98.